The summed E-state index contributed by atoms with van der Waals surface area (Å²) >= 11 is 0. The minimum atomic E-state index is -0.900. The van der Waals surface area contributed by atoms with Gasteiger partial charge in [-0.3, -0.25) is 4.79 Å². The summed E-state index contributed by atoms with van der Waals surface area (Å²) in [5, 5.41) is 14.1. The molecule has 0 aliphatic rings. The van der Waals surface area contributed by atoms with Crippen molar-refractivity contribution in [1.29, 1.82) is 0 Å². The van der Waals surface area contributed by atoms with E-state index in [0.29, 0.717) is 19.8 Å². The molecule has 0 rings (SSSR count). The summed E-state index contributed by atoms with van der Waals surface area (Å²) in [6.45, 7) is 8.71. The highest BCUT2D eigenvalue weighted by Crippen LogP contribution is 2.09. The molecule has 0 saturated carbocycles. The molecule has 0 aliphatic heterocycles. The van der Waals surface area contributed by atoms with Crippen molar-refractivity contribution in [3.63, 3.8) is 0 Å². The van der Waals surface area contributed by atoms with E-state index in [0.717, 1.165) is 6.42 Å². The van der Waals surface area contributed by atoms with E-state index >= 15 is 0 Å². The molecule has 0 aromatic carbocycles. The number of aliphatic carboxylic acids is 1. The number of urea groups is 1. The predicted molar refractivity (Wildman–Crippen MR) is 73.0 cm³/mol. The van der Waals surface area contributed by atoms with Gasteiger partial charge in [-0.1, -0.05) is 19.9 Å². The lowest BCUT2D eigenvalue weighted by Crippen LogP contribution is -2.42. The smallest absolute Gasteiger partial charge is 0.314 e. The largest absolute Gasteiger partial charge is 0.481 e. The molecule has 2 amide bonds. The molecule has 19 heavy (non-hydrogen) atoms. The van der Waals surface area contributed by atoms with Crippen LogP contribution in [0.4, 0.5) is 4.79 Å². The Morgan fingerprint density at radius 2 is 2.00 bits per heavy atom. The second-order valence-corrected chi connectivity index (χ2v) is 4.52. The van der Waals surface area contributed by atoms with Crippen LogP contribution in [-0.4, -0.2) is 43.4 Å². The molecular formula is C13H24N2O4. The van der Waals surface area contributed by atoms with Gasteiger partial charge in [0.1, 0.15) is 0 Å². The maximum absolute atomic E-state index is 11.4. The van der Waals surface area contributed by atoms with E-state index in [2.05, 4.69) is 17.2 Å². The molecule has 0 radical (unpaired) electrons. The third-order valence-electron chi connectivity index (χ3n) is 2.60. The van der Waals surface area contributed by atoms with E-state index in [4.69, 9.17) is 9.84 Å². The van der Waals surface area contributed by atoms with Gasteiger partial charge in [-0.2, -0.15) is 0 Å². The summed E-state index contributed by atoms with van der Waals surface area (Å²) in [4.78, 5) is 22.3. The molecule has 1 unspecified atom stereocenters. The zero-order valence-corrected chi connectivity index (χ0v) is 11.6. The average molecular weight is 272 g/mol. The van der Waals surface area contributed by atoms with Crippen molar-refractivity contribution >= 4 is 12.0 Å². The summed E-state index contributed by atoms with van der Waals surface area (Å²) in [6.07, 6.45) is 2.54. The van der Waals surface area contributed by atoms with Gasteiger partial charge >= 0.3 is 12.0 Å². The van der Waals surface area contributed by atoms with E-state index in [9.17, 15) is 9.59 Å². The van der Waals surface area contributed by atoms with Crippen LogP contribution in [0.2, 0.25) is 0 Å². The number of carboxylic acid groups (broad SMARTS) is 1. The Hall–Kier alpha value is -1.56. The van der Waals surface area contributed by atoms with Crippen molar-refractivity contribution in [1.82, 2.24) is 10.6 Å². The van der Waals surface area contributed by atoms with Gasteiger partial charge < -0.3 is 20.5 Å². The number of carbonyl (C=O) groups excluding carboxylic acids is 1. The Morgan fingerprint density at radius 1 is 1.32 bits per heavy atom. The van der Waals surface area contributed by atoms with E-state index in [1.165, 1.54) is 0 Å². The SMILES string of the molecule is C=CCCOCCNC(=O)NCC(C(=O)O)C(C)C. The first kappa shape index (κ1) is 17.4. The Labute approximate surface area is 114 Å². The number of nitrogens with one attached hydrogen (secondary N) is 2. The first-order valence-electron chi connectivity index (χ1n) is 6.42. The number of hydrogen-bond donors (Lipinski definition) is 3. The molecule has 110 valence electrons. The maximum atomic E-state index is 11.4. The Morgan fingerprint density at radius 3 is 2.53 bits per heavy atom. The Balaban J connectivity index is 3.68. The minimum absolute atomic E-state index is 0.0277. The van der Waals surface area contributed by atoms with Crippen molar-refractivity contribution in [3.8, 4) is 0 Å². The summed E-state index contributed by atoms with van der Waals surface area (Å²) in [5.41, 5.74) is 0. The third kappa shape index (κ3) is 9.07. The highest BCUT2D eigenvalue weighted by molar-refractivity contribution is 5.75. The quantitative estimate of drug-likeness (QED) is 0.412. The fourth-order valence-corrected chi connectivity index (χ4v) is 1.38. The second kappa shape index (κ2) is 10.4. The van der Waals surface area contributed by atoms with Crippen LogP contribution in [0.5, 0.6) is 0 Å². The molecule has 0 spiro atoms. The van der Waals surface area contributed by atoms with E-state index < -0.39 is 11.9 Å². The van der Waals surface area contributed by atoms with Crippen LogP contribution in [-0.2, 0) is 9.53 Å². The van der Waals surface area contributed by atoms with Crippen molar-refractivity contribution in [2.24, 2.45) is 11.8 Å². The van der Waals surface area contributed by atoms with Crippen molar-refractivity contribution in [2.75, 3.05) is 26.3 Å². The van der Waals surface area contributed by atoms with Gasteiger partial charge in [0.2, 0.25) is 0 Å². The van der Waals surface area contributed by atoms with Crippen LogP contribution in [0.25, 0.3) is 0 Å². The molecule has 0 bridgehead atoms. The maximum Gasteiger partial charge on any atom is 0.314 e. The van der Waals surface area contributed by atoms with Gasteiger partial charge in [0.15, 0.2) is 0 Å². The lowest BCUT2D eigenvalue weighted by Gasteiger charge is -2.16. The predicted octanol–water partition coefficient (Wildman–Crippen LogP) is 1.24. The van der Waals surface area contributed by atoms with Crippen molar-refractivity contribution in [3.05, 3.63) is 12.7 Å². The molecule has 1 atom stereocenters. The van der Waals surface area contributed by atoms with E-state index in [1.54, 1.807) is 6.08 Å². The molecular weight excluding hydrogens is 248 g/mol. The van der Waals surface area contributed by atoms with Crippen LogP contribution in [0.1, 0.15) is 20.3 Å². The molecule has 0 fully saturated rings. The zero-order valence-electron chi connectivity index (χ0n) is 11.6. The van der Waals surface area contributed by atoms with E-state index in [1.807, 2.05) is 13.8 Å². The van der Waals surface area contributed by atoms with Crippen molar-refractivity contribution in [2.45, 2.75) is 20.3 Å². The topological polar surface area (TPSA) is 87.7 Å². The van der Waals surface area contributed by atoms with Crippen LogP contribution >= 0.6 is 0 Å². The molecule has 6 nitrogen and oxygen atoms in total. The van der Waals surface area contributed by atoms with Crippen LogP contribution in [0.15, 0.2) is 12.7 Å². The minimum Gasteiger partial charge on any atom is -0.481 e. The summed E-state index contributed by atoms with van der Waals surface area (Å²) in [6, 6.07) is -0.376. The molecule has 0 aromatic heterocycles. The van der Waals surface area contributed by atoms with Gasteiger partial charge in [0.05, 0.1) is 19.1 Å². The number of carboxylic acids is 1. The summed E-state index contributed by atoms with van der Waals surface area (Å²) < 4.78 is 5.22. The number of rotatable bonds is 10. The lowest BCUT2D eigenvalue weighted by molar-refractivity contribution is -0.142. The van der Waals surface area contributed by atoms with Gasteiger partial charge in [0.25, 0.3) is 0 Å². The normalized spacial score (nSPS) is 11.9. The number of carbonyl (C=O) groups is 2. The third-order valence-corrected chi connectivity index (χ3v) is 2.60. The van der Waals surface area contributed by atoms with Crippen LogP contribution in [0.3, 0.4) is 0 Å². The number of hydrogen-bond acceptors (Lipinski definition) is 3. The van der Waals surface area contributed by atoms with E-state index in [-0.39, 0.29) is 18.5 Å². The first-order chi connectivity index (χ1) is 8.99. The molecule has 6 heteroatoms. The zero-order chi connectivity index (χ0) is 14.7. The van der Waals surface area contributed by atoms with Gasteiger partial charge in [-0.25, -0.2) is 4.79 Å². The van der Waals surface area contributed by atoms with Gasteiger partial charge in [-0.05, 0) is 12.3 Å². The monoisotopic (exact) mass is 272 g/mol. The molecule has 0 aromatic rings. The summed E-state index contributed by atoms with van der Waals surface area (Å²) in [5.74, 6) is -1.50. The van der Waals surface area contributed by atoms with Gasteiger partial charge in [-0.15, -0.1) is 6.58 Å². The number of amides is 2. The number of ether oxygens (including phenoxy) is 1. The molecule has 0 heterocycles. The van der Waals surface area contributed by atoms with Crippen molar-refractivity contribution < 1.29 is 19.4 Å². The fraction of sp³-hybridized carbons (Fsp3) is 0.692. The second-order valence-electron chi connectivity index (χ2n) is 4.52. The summed E-state index contributed by atoms with van der Waals surface area (Å²) in [7, 11) is 0. The average Bonchev–Trinajstić information content (AvgIpc) is 2.33. The molecule has 3 N–H and O–H groups in total. The van der Waals surface area contributed by atoms with Gasteiger partial charge in [0, 0.05) is 13.1 Å². The fourth-order valence-electron chi connectivity index (χ4n) is 1.38. The standard InChI is InChI=1S/C13H24N2O4/c1-4-5-7-19-8-6-14-13(18)15-9-11(10(2)3)12(16)17/h4,10-11H,1,5-9H2,2-3H3,(H,16,17)(H2,14,15,18). The molecule has 0 saturated heterocycles. The molecule has 0 aliphatic carbocycles. The van der Waals surface area contributed by atoms with Crippen LogP contribution in [0, 0.1) is 11.8 Å². The lowest BCUT2D eigenvalue weighted by atomic mass is 9.96. The van der Waals surface area contributed by atoms with Crippen LogP contribution < -0.4 is 10.6 Å². The Kier molecular flexibility index (Phi) is 9.52. The highest BCUT2D eigenvalue weighted by Gasteiger charge is 2.21. The Bertz CT molecular complexity index is 292. The first-order valence-corrected chi connectivity index (χ1v) is 6.42. The highest BCUT2D eigenvalue weighted by atomic mass is 16.5.